The standard InChI is InChI=1S/C19H17N3O2/c20-10-13-3-1-4-14(7-13)19(23)22-12-15-8-16(22)9-18(15)24-17-5-2-6-21-11-17/h1-7,11,15-16,18H,8-9,12H2/t15?,16?,18-/m1/s1. The first-order valence-electron chi connectivity index (χ1n) is 8.12. The highest BCUT2D eigenvalue weighted by molar-refractivity contribution is 5.95. The van der Waals surface area contributed by atoms with Crippen LogP contribution in [0.2, 0.25) is 0 Å². The lowest BCUT2D eigenvalue weighted by Crippen LogP contribution is -2.43. The number of pyridine rings is 1. The molecule has 3 atom stereocenters. The number of carbonyl (C=O) groups excluding carboxylic acids is 1. The van der Waals surface area contributed by atoms with Gasteiger partial charge in [0.1, 0.15) is 11.9 Å². The van der Waals surface area contributed by atoms with E-state index in [2.05, 4.69) is 11.1 Å². The van der Waals surface area contributed by atoms with Crippen LogP contribution in [0.4, 0.5) is 0 Å². The summed E-state index contributed by atoms with van der Waals surface area (Å²) in [7, 11) is 0. The first-order valence-corrected chi connectivity index (χ1v) is 8.12. The average molecular weight is 319 g/mol. The summed E-state index contributed by atoms with van der Waals surface area (Å²) in [5, 5.41) is 8.99. The Labute approximate surface area is 140 Å². The molecule has 1 aliphatic heterocycles. The normalized spacial score (nSPS) is 24.6. The summed E-state index contributed by atoms with van der Waals surface area (Å²) >= 11 is 0. The Kier molecular flexibility index (Phi) is 3.66. The van der Waals surface area contributed by atoms with Crippen LogP contribution in [0.5, 0.6) is 5.75 Å². The molecule has 2 bridgehead atoms. The fourth-order valence-electron chi connectivity index (χ4n) is 3.78. The van der Waals surface area contributed by atoms with E-state index in [0.29, 0.717) is 23.6 Å². The molecule has 2 fully saturated rings. The maximum atomic E-state index is 12.7. The fourth-order valence-corrected chi connectivity index (χ4v) is 3.78. The molecule has 24 heavy (non-hydrogen) atoms. The zero-order valence-corrected chi connectivity index (χ0v) is 13.1. The van der Waals surface area contributed by atoms with Crippen molar-refractivity contribution in [3.8, 4) is 11.8 Å². The summed E-state index contributed by atoms with van der Waals surface area (Å²) in [5.41, 5.74) is 1.11. The number of piperidine rings is 1. The summed E-state index contributed by atoms with van der Waals surface area (Å²) in [6, 6.07) is 13.0. The number of nitriles is 1. The fraction of sp³-hybridized carbons (Fsp3) is 0.316. The molecule has 0 spiro atoms. The molecule has 2 heterocycles. The van der Waals surface area contributed by atoms with E-state index in [-0.39, 0.29) is 18.1 Å². The van der Waals surface area contributed by atoms with Gasteiger partial charge in [-0.1, -0.05) is 6.07 Å². The number of hydrogen-bond acceptors (Lipinski definition) is 4. The van der Waals surface area contributed by atoms with Crippen LogP contribution in [-0.4, -0.2) is 34.5 Å². The van der Waals surface area contributed by atoms with Crippen molar-refractivity contribution in [3.63, 3.8) is 0 Å². The van der Waals surface area contributed by atoms with Gasteiger partial charge in [0.25, 0.3) is 5.91 Å². The lowest BCUT2D eigenvalue weighted by atomic mass is 10.0. The molecule has 1 aliphatic carbocycles. The van der Waals surface area contributed by atoms with Crippen LogP contribution in [0.25, 0.3) is 0 Å². The van der Waals surface area contributed by atoms with E-state index in [9.17, 15) is 4.79 Å². The van der Waals surface area contributed by atoms with Gasteiger partial charge in [-0.05, 0) is 36.8 Å². The van der Waals surface area contributed by atoms with Crippen molar-refractivity contribution >= 4 is 5.91 Å². The van der Waals surface area contributed by atoms with Crippen LogP contribution in [0.15, 0.2) is 48.8 Å². The number of hydrogen-bond donors (Lipinski definition) is 0. The van der Waals surface area contributed by atoms with Crippen molar-refractivity contribution in [1.29, 1.82) is 5.26 Å². The number of benzene rings is 1. The SMILES string of the molecule is N#Cc1cccc(C(=O)N2CC3CC2C[C@H]3Oc2cccnc2)c1. The third-order valence-electron chi connectivity index (χ3n) is 4.90. The predicted octanol–water partition coefficient (Wildman–Crippen LogP) is 2.64. The van der Waals surface area contributed by atoms with Gasteiger partial charge >= 0.3 is 0 Å². The van der Waals surface area contributed by atoms with Gasteiger partial charge in [-0.2, -0.15) is 5.26 Å². The first-order chi connectivity index (χ1) is 11.7. The number of nitrogens with zero attached hydrogens (tertiary/aromatic N) is 3. The minimum atomic E-state index is 0.0134. The second-order valence-electron chi connectivity index (χ2n) is 6.38. The monoisotopic (exact) mass is 319 g/mol. The van der Waals surface area contributed by atoms with E-state index in [0.717, 1.165) is 18.6 Å². The second kappa shape index (κ2) is 5.97. The lowest BCUT2D eigenvalue weighted by Gasteiger charge is -2.31. The highest BCUT2D eigenvalue weighted by Gasteiger charge is 2.47. The smallest absolute Gasteiger partial charge is 0.254 e. The Bertz CT molecular complexity index is 800. The molecule has 2 aliphatic rings. The number of fused-ring (bicyclic) bond motifs is 2. The molecule has 5 heteroatoms. The van der Waals surface area contributed by atoms with Crippen molar-refractivity contribution in [3.05, 3.63) is 59.9 Å². The van der Waals surface area contributed by atoms with Crippen molar-refractivity contribution in [1.82, 2.24) is 9.88 Å². The first kappa shape index (κ1) is 14.7. The van der Waals surface area contributed by atoms with Gasteiger partial charge in [0.15, 0.2) is 0 Å². The summed E-state index contributed by atoms with van der Waals surface area (Å²) in [4.78, 5) is 18.7. The Hall–Kier alpha value is -2.87. The topological polar surface area (TPSA) is 66.2 Å². The van der Waals surface area contributed by atoms with Crippen LogP contribution in [0, 0.1) is 17.2 Å². The van der Waals surface area contributed by atoms with E-state index in [1.54, 1.807) is 36.7 Å². The molecule has 2 unspecified atom stereocenters. The number of amides is 1. The molecule has 1 amide bonds. The molecule has 2 aromatic rings. The number of likely N-dealkylation sites (tertiary alicyclic amines) is 1. The largest absolute Gasteiger partial charge is 0.488 e. The second-order valence-corrected chi connectivity index (χ2v) is 6.38. The number of rotatable bonds is 3. The Balaban J connectivity index is 1.44. The molecular weight excluding hydrogens is 302 g/mol. The molecule has 120 valence electrons. The maximum Gasteiger partial charge on any atom is 0.254 e. The van der Waals surface area contributed by atoms with E-state index in [1.807, 2.05) is 17.0 Å². The Morgan fingerprint density at radius 1 is 1.29 bits per heavy atom. The van der Waals surface area contributed by atoms with Gasteiger partial charge in [0, 0.05) is 36.7 Å². The van der Waals surface area contributed by atoms with Crippen LogP contribution in [0.1, 0.15) is 28.8 Å². The molecule has 1 saturated carbocycles. The van der Waals surface area contributed by atoms with Gasteiger partial charge in [0.05, 0.1) is 17.8 Å². The van der Waals surface area contributed by atoms with Crippen molar-refractivity contribution in [2.24, 2.45) is 5.92 Å². The van der Waals surface area contributed by atoms with Crippen molar-refractivity contribution in [2.75, 3.05) is 6.54 Å². The summed E-state index contributed by atoms with van der Waals surface area (Å²) in [5.74, 6) is 1.16. The zero-order valence-electron chi connectivity index (χ0n) is 13.1. The zero-order chi connectivity index (χ0) is 16.5. The minimum Gasteiger partial charge on any atom is -0.488 e. The molecule has 0 radical (unpaired) electrons. The molecule has 1 aromatic heterocycles. The van der Waals surface area contributed by atoms with Crippen LogP contribution >= 0.6 is 0 Å². The van der Waals surface area contributed by atoms with E-state index in [4.69, 9.17) is 10.00 Å². The van der Waals surface area contributed by atoms with Gasteiger partial charge in [-0.25, -0.2) is 0 Å². The number of ether oxygens (including phenoxy) is 1. The highest BCUT2D eigenvalue weighted by Crippen LogP contribution is 2.40. The van der Waals surface area contributed by atoms with Crippen LogP contribution in [0.3, 0.4) is 0 Å². The van der Waals surface area contributed by atoms with Gasteiger partial charge in [0.2, 0.25) is 0 Å². The van der Waals surface area contributed by atoms with E-state index < -0.39 is 0 Å². The third kappa shape index (κ3) is 2.61. The third-order valence-corrected chi connectivity index (χ3v) is 4.90. The molecule has 1 saturated heterocycles. The van der Waals surface area contributed by atoms with E-state index in [1.165, 1.54) is 0 Å². The predicted molar refractivity (Wildman–Crippen MR) is 87.4 cm³/mol. The number of aromatic nitrogens is 1. The molecule has 5 nitrogen and oxygen atoms in total. The van der Waals surface area contributed by atoms with Gasteiger partial charge < -0.3 is 9.64 Å². The number of carbonyl (C=O) groups is 1. The Morgan fingerprint density at radius 3 is 2.92 bits per heavy atom. The summed E-state index contributed by atoms with van der Waals surface area (Å²) in [6.45, 7) is 0.714. The quantitative estimate of drug-likeness (QED) is 0.872. The molecule has 0 N–H and O–H groups in total. The van der Waals surface area contributed by atoms with Crippen molar-refractivity contribution < 1.29 is 9.53 Å². The molecule has 1 aromatic carbocycles. The van der Waals surface area contributed by atoms with Crippen LogP contribution in [-0.2, 0) is 0 Å². The summed E-state index contributed by atoms with van der Waals surface area (Å²) < 4.78 is 6.04. The molecule has 4 rings (SSSR count). The van der Waals surface area contributed by atoms with Gasteiger partial charge in [-0.15, -0.1) is 0 Å². The van der Waals surface area contributed by atoms with E-state index >= 15 is 0 Å². The minimum absolute atomic E-state index is 0.0134. The maximum absolute atomic E-state index is 12.7. The lowest BCUT2D eigenvalue weighted by molar-refractivity contribution is 0.0571. The average Bonchev–Trinajstić information content (AvgIpc) is 3.22. The molecular formula is C19H17N3O2. The van der Waals surface area contributed by atoms with Crippen LogP contribution < -0.4 is 4.74 Å². The Morgan fingerprint density at radius 2 is 2.21 bits per heavy atom. The van der Waals surface area contributed by atoms with Gasteiger partial charge in [-0.3, -0.25) is 9.78 Å². The summed E-state index contributed by atoms with van der Waals surface area (Å²) in [6.07, 6.45) is 5.43. The highest BCUT2D eigenvalue weighted by atomic mass is 16.5. The van der Waals surface area contributed by atoms with Crippen molar-refractivity contribution in [2.45, 2.75) is 25.0 Å².